The van der Waals surface area contributed by atoms with Crippen LogP contribution in [0.5, 0.6) is 6.08 Å². The van der Waals surface area contributed by atoms with Gasteiger partial charge in [-0.25, -0.2) is 8.78 Å². The predicted molar refractivity (Wildman–Crippen MR) is 99.5 cm³/mol. The van der Waals surface area contributed by atoms with Crippen LogP contribution in [-0.2, 0) is 10.2 Å². The van der Waals surface area contributed by atoms with E-state index in [1.807, 2.05) is 13.8 Å². The number of carbonyl (C=O) groups is 1. The number of hydrogen-bond donors (Lipinski definition) is 0. The fourth-order valence-electron chi connectivity index (χ4n) is 5.13. The molecule has 2 heterocycles. The molecule has 1 aromatic carbocycles. The molecule has 0 N–H and O–H groups in total. The van der Waals surface area contributed by atoms with Gasteiger partial charge in [-0.2, -0.15) is 5.10 Å². The first-order valence-electron chi connectivity index (χ1n) is 9.60. The van der Waals surface area contributed by atoms with Crippen LogP contribution < -0.4 is 4.74 Å². The number of fused-ring (bicyclic) bond motifs is 5. The van der Waals surface area contributed by atoms with Crippen LogP contribution in [0, 0.1) is 24.0 Å². The van der Waals surface area contributed by atoms with Crippen LogP contribution in [0.3, 0.4) is 0 Å². The van der Waals surface area contributed by atoms with Crippen LogP contribution in [-0.4, -0.2) is 26.4 Å². The van der Waals surface area contributed by atoms with Crippen LogP contribution in [0.15, 0.2) is 28.7 Å². The number of rotatable bonds is 3. The summed E-state index contributed by atoms with van der Waals surface area (Å²) in [5, 5.41) is 15.8. The van der Waals surface area contributed by atoms with Gasteiger partial charge in [0.1, 0.15) is 17.0 Å². The van der Waals surface area contributed by atoms with Crippen molar-refractivity contribution in [3.05, 3.63) is 53.0 Å². The van der Waals surface area contributed by atoms with E-state index < -0.39 is 28.4 Å². The monoisotopic (exact) mass is 412 g/mol. The van der Waals surface area contributed by atoms with Crippen molar-refractivity contribution < 1.29 is 22.7 Å². The third-order valence-electron chi connectivity index (χ3n) is 6.64. The Labute approximate surface area is 170 Å². The average molecular weight is 412 g/mol. The van der Waals surface area contributed by atoms with Gasteiger partial charge in [0.05, 0.1) is 17.0 Å². The molecule has 0 spiro atoms. The van der Waals surface area contributed by atoms with Gasteiger partial charge in [0.25, 0.3) is 0 Å². The van der Waals surface area contributed by atoms with E-state index in [1.165, 1.54) is 18.2 Å². The Morgan fingerprint density at radius 2 is 1.90 bits per heavy atom. The fourth-order valence-corrected chi connectivity index (χ4v) is 5.13. The van der Waals surface area contributed by atoms with Gasteiger partial charge >= 0.3 is 12.0 Å². The SMILES string of the molecule is Cc1nnc(OC(=O)[C@]23CC[C@H](c4cc(-c5c(F)cccc5F)nnc42)C3(C)C)o1. The molecule has 2 aliphatic rings. The molecule has 2 aromatic heterocycles. The maximum absolute atomic E-state index is 14.3. The number of hydrogen-bond acceptors (Lipinski definition) is 7. The van der Waals surface area contributed by atoms with Crippen molar-refractivity contribution in [2.24, 2.45) is 5.41 Å². The first-order valence-corrected chi connectivity index (χ1v) is 9.60. The Kier molecular flexibility index (Phi) is 3.84. The Morgan fingerprint density at radius 1 is 1.17 bits per heavy atom. The lowest BCUT2D eigenvalue weighted by Gasteiger charge is -2.34. The Balaban J connectivity index is 1.61. The molecule has 7 nitrogen and oxygen atoms in total. The van der Waals surface area contributed by atoms with Crippen molar-refractivity contribution in [2.75, 3.05) is 0 Å². The third kappa shape index (κ3) is 2.31. The second kappa shape index (κ2) is 6.13. The smallest absolute Gasteiger partial charge is 0.393 e. The number of carbonyl (C=O) groups excluding carboxylic acids is 1. The normalized spacial score (nSPS) is 23.4. The van der Waals surface area contributed by atoms with Gasteiger partial charge in [0.15, 0.2) is 0 Å². The highest BCUT2D eigenvalue weighted by molar-refractivity contribution is 5.88. The second-order valence-corrected chi connectivity index (χ2v) is 8.32. The number of aromatic nitrogens is 4. The highest BCUT2D eigenvalue weighted by Gasteiger charge is 2.68. The molecule has 3 aromatic rings. The van der Waals surface area contributed by atoms with Crippen LogP contribution in [0.4, 0.5) is 8.78 Å². The van der Waals surface area contributed by atoms with E-state index in [-0.39, 0.29) is 29.1 Å². The lowest BCUT2D eigenvalue weighted by atomic mass is 9.68. The molecular weight excluding hydrogens is 394 g/mol. The number of nitrogens with zero attached hydrogens (tertiary/aromatic N) is 4. The Bertz CT molecular complexity index is 1170. The maximum Gasteiger partial charge on any atom is 0.422 e. The van der Waals surface area contributed by atoms with Crippen molar-refractivity contribution in [1.82, 2.24) is 20.4 Å². The zero-order valence-corrected chi connectivity index (χ0v) is 16.6. The summed E-state index contributed by atoms with van der Waals surface area (Å²) >= 11 is 0. The zero-order chi connectivity index (χ0) is 21.3. The fraction of sp³-hybridized carbons (Fsp3) is 0.381. The topological polar surface area (TPSA) is 91.0 Å². The number of aryl methyl sites for hydroxylation is 1. The van der Waals surface area contributed by atoms with Crippen molar-refractivity contribution in [1.29, 1.82) is 0 Å². The lowest BCUT2D eigenvalue weighted by molar-refractivity contribution is -0.146. The summed E-state index contributed by atoms with van der Waals surface area (Å²) in [6.45, 7) is 5.53. The van der Waals surface area contributed by atoms with Crippen LogP contribution in [0.25, 0.3) is 11.3 Å². The highest BCUT2D eigenvalue weighted by Crippen LogP contribution is 2.67. The first-order chi connectivity index (χ1) is 14.3. The van der Waals surface area contributed by atoms with Crippen molar-refractivity contribution in [3.8, 4) is 17.3 Å². The molecule has 9 heteroatoms. The summed E-state index contributed by atoms with van der Waals surface area (Å²) in [7, 11) is 0. The maximum atomic E-state index is 14.3. The van der Waals surface area contributed by atoms with Crippen LogP contribution >= 0.6 is 0 Å². The molecular formula is C21H18F2N4O3. The summed E-state index contributed by atoms with van der Waals surface area (Å²) in [5.41, 5.74) is -0.491. The summed E-state index contributed by atoms with van der Waals surface area (Å²) in [5.74, 6) is -1.73. The molecule has 5 rings (SSSR count). The molecule has 1 saturated carbocycles. The van der Waals surface area contributed by atoms with Crippen molar-refractivity contribution >= 4 is 5.97 Å². The van der Waals surface area contributed by atoms with E-state index in [1.54, 1.807) is 13.0 Å². The van der Waals surface area contributed by atoms with E-state index in [9.17, 15) is 13.6 Å². The summed E-state index contributed by atoms with van der Waals surface area (Å²) in [6.07, 6.45) is 1.01. The number of halogens is 2. The number of benzene rings is 1. The summed E-state index contributed by atoms with van der Waals surface area (Å²) in [4.78, 5) is 13.3. The van der Waals surface area contributed by atoms with Gasteiger partial charge < -0.3 is 9.15 Å². The van der Waals surface area contributed by atoms with Gasteiger partial charge in [-0.05, 0) is 47.9 Å². The average Bonchev–Trinajstić information content (AvgIpc) is 3.28. The van der Waals surface area contributed by atoms with Crippen molar-refractivity contribution in [3.63, 3.8) is 0 Å². The molecule has 1 fully saturated rings. The van der Waals surface area contributed by atoms with Gasteiger partial charge in [-0.1, -0.05) is 25.0 Å². The minimum absolute atomic E-state index is 0.0337. The van der Waals surface area contributed by atoms with E-state index in [4.69, 9.17) is 9.15 Å². The minimum atomic E-state index is -1.06. The molecule has 0 unspecified atom stereocenters. The molecule has 0 amide bonds. The van der Waals surface area contributed by atoms with E-state index in [0.29, 0.717) is 18.5 Å². The number of esters is 1. The summed E-state index contributed by atoms with van der Waals surface area (Å²) < 4.78 is 39.2. The molecule has 0 saturated heterocycles. The van der Waals surface area contributed by atoms with Crippen LogP contribution in [0.1, 0.15) is 49.8 Å². The van der Waals surface area contributed by atoms with Gasteiger partial charge in [0.2, 0.25) is 5.89 Å². The molecule has 2 bridgehead atoms. The first kappa shape index (κ1) is 18.8. The third-order valence-corrected chi connectivity index (χ3v) is 6.64. The van der Waals surface area contributed by atoms with Gasteiger partial charge in [-0.3, -0.25) is 4.79 Å². The van der Waals surface area contributed by atoms with Crippen LogP contribution in [0.2, 0.25) is 0 Å². The van der Waals surface area contributed by atoms with E-state index in [2.05, 4.69) is 20.4 Å². The minimum Gasteiger partial charge on any atom is -0.393 e. The van der Waals surface area contributed by atoms with Gasteiger partial charge in [-0.15, -0.1) is 10.2 Å². The molecule has 2 atom stereocenters. The molecule has 154 valence electrons. The number of ether oxygens (including phenoxy) is 1. The quantitative estimate of drug-likeness (QED) is 0.603. The molecule has 30 heavy (non-hydrogen) atoms. The Hall–Kier alpha value is -3.23. The molecule has 0 aliphatic heterocycles. The second-order valence-electron chi connectivity index (χ2n) is 8.32. The predicted octanol–water partition coefficient (Wildman–Crippen LogP) is 3.87. The Morgan fingerprint density at radius 3 is 2.57 bits per heavy atom. The van der Waals surface area contributed by atoms with E-state index >= 15 is 0 Å². The highest BCUT2D eigenvalue weighted by atomic mass is 19.1. The molecule has 2 aliphatic carbocycles. The standard InChI is InChI=1S/C21H18F2N4O3/c1-10-24-27-19(29-10)30-18(28)21-8-7-12(20(21,2)3)11-9-15(25-26-17(11)21)16-13(22)5-4-6-14(16)23/h4-6,9,12H,7-8H2,1-3H3/t12-,21+/m1/s1. The van der Waals surface area contributed by atoms with Gasteiger partial charge in [0, 0.05) is 6.92 Å². The zero-order valence-electron chi connectivity index (χ0n) is 16.6. The van der Waals surface area contributed by atoms with E-state index in [0.717, 1.165) is 5.56 Å². The lowest BCUT2D eigenvalue weighted by Crippen LogP contribution is -2.46. The largest absolute Gasteiger partial charge is 0.422 e. The molecule has 0 radical (unpaired) electrons. The van der Waals surface area contributed by atoms with Crippen molar-refractivity contribution in [2.45, 2.75) is 44.9 Å². The summed E-state index contributed by atoms with van der Waals surface area (Å²) in [6, 6.07) is 5.29.